The second kappa shape index (κ2) is 6.64. The van der Waals surface area contributed by atoms with Crippen molar-refractivity contribution in [3.63, 3.8) is 0 Å². The van der Waals surface area contributed by atoms with E-state index in [1.54, 1.807) is 6.08 Å². The molecule has 0 atom stereocenters. The van der Waals surface area contributed by atoms with Crippen molar-refractivity contribution in [1.82, 2.24) is 0 Å². The van der Waals surface area contributed by atoms with E-state index in [0.29, 0.717) is 6.33 Å². The summed E-state index contributed by atoms with van der Waals surface area (Å²) in [5.41, 5.74) is 0.249. The fourth-order valence-corrected chi connectivity index (χ4v) is 1.21. The van der Waals surface area contributed by atoms with E-state index in [-0.39, 0.29) is 5.41 Å². The third-order valence-corrected chi connectivity index (χ3v) is 1.85. The van der Waals surface area contributed by atoms with E-state index in [0.717, 1.165) is 0 Å². The van der Waals surface area contributed by atoms with E-state index in [2.05, 4.69) is 26.8 Å². The molecule has 0 heterocycles. The summed E-state index contributed by atoms with van der Waals surface area (Å²) in [6.45, 7) is 6.58. The van der Waals surface area contributed by atoms with E-state index < -0.39 is 0 Å². The molecule has 0 N–H and O–H groups in total. The Hall–Kier alpha value is -0.850. The minimum Gasteiger partial charge on any atom is -0.216 e. The molecular formula is C12H19F. The molecular weight excluding hydrogens is 163 g/mol. The molecule has 0 unspecified atom stereocenters. The van der Waals surface area contributed by atoms with E-state index in [9.17, 15) is 4.39 Å². The molecule has 13 heavy (non-hydrogen) atoms. The van der Waals surface area contributed by atoms with Crippen LogP contribution in [0.3, 0.4) is 0 Å². The zero-order valence-electron chi connectivity index (χ0n) is 8.76. The first-order valence-corrected chi connectivity index (χ1v) is 4.73. The van der Waals surface area contributed by atoms with E-state index in [4.69, 9.17) is 0 Å². The van der Waals surface area contributed by atoms with Crippen LogP contribution in [0.4, 0.5) is 4.39 Å². The number of halogens is 1. The molecule has 0 saturated heterocycles. The second-order valence-electron chi connectivity index (χ2n) is 3.80. The smallest absolute Gasteiger partial charge is 0.0866 e. The Morgan fingerprint density at radius 2 is 1.69 bits per heavy atom. The lowest BCUT2D eigenvalue weighted by atomic mass is 9.88. The SMILES string of the molecule is CCCC(C)(C)/C=C/C=C\C=C\F. The normalized spacial score (nSPS) is 13.8. The Balaban J connectivity index is 3.95. The minimum absolute atomic E-state index is 0.249. The van der Waals surface area contributed by atoms with Gasteiger partial charge in [0.25, 0.3) is 0 Å². The summed E-state index contributed by atoms with van der Waals surface area (Å²) in [5, 5.41) is 0. The van der Waals surface area contributed by atoms with Crippen molar-refractivity contribution >= 4 is 0 Å². The quantitative estimate of drug-likeness (QED) is 0.552. The molecule has 0 radical (unpaired) electrons. The van der Waals surface area contributed by atoms with Crippen LogP contribution >= 0.6 is 0 Å². The van der Waals surface area contributed by atoms with Crippen LogP contribution in [0.15, 0.2) is 36.7 Å². The van der Waals surface area contributed by atoms with Gasteiger partial charge in [-0.3, -0.25) is 0 Å². The van der Waals surface area contributed by atoms with Gasteiger partial charge in [-0.2, -0.15) is 0 Å². The number of rotatable bonds is 5. The third kappa shape index (κ3) is 7.51. The maximum Gasteiger partial charge on any atom is 0.0866 e. The summed E-state index contributed by atoms with van der Waals surface area (Å²) >= 11 is 0. The highest BCUT2D eigenvalue weighted by atomic mass is 19.1. The molecule has 0 rings (SSSR count). The van der Waals surface area contributed by atoms with Gasteiger partial charge in [-0.25, -0.2) is 4.39 Å². The van der Waals surface area contributed by atoms with Crippen LogP contribution in [0.5, 0.6) is 0 Å². The van der Waals surface area contributed by atoms with Gasteiger partial charge in [0, 0.05) is 0 Å². The molecule has 0 aliphatic carbocycles. The van der Waals surface area contributed by atoms with Crippen LogP contribution < -0.4 is 0 Å². The molecule has 1 heteroatoms. The summed E-state index contributed by atoms with van der Waals surface area (Å²) in [7, 11) is 0. The average molecular weight is 182 g/mol. The van der Waals surface area contributed by atoms with Crippen molar-refractivity contribution in [1.29, 1.82) is 0 Å². The Morgan fingerprint density at radius 3 is 2.23 bits per heavy atom. The van der Waals surface area contributed by atoms with Crippen LogP contribution in [0.25, 0.3) is 0 Å². The fourth-order valence-electron chi connectivity index (χ4n) is 1.21. The molecule has 0 nitrogen and oxygen atoms in total. The van der Waals surface area contributed by atoms with Crippen molar-refractivity contribution in [3.8, 4) is 0 Å². The summed E-state index contributed by atoms with van der Waals surface area (Å²) in [5.74, 6) is 0. The monoisotopic (exact) mass is 182 g/mol. The zero-order valence-corrected chi connectivity index (χ0v) is 8.76. The molecule has 0 amide bonds. The topological polar surface area (TPSA) is 0 Å². The standard InChI is InChI=1S/C12H19F/c1-4-9-12(2,3)10-7-5-6-8-11-13/h5-8,10-11H,4,9H2,1-3H3/b6-5-,10-7+,11-8+. The first kappa shape index (κ1) is 12.2. The summed E-state index contributed by atoms with van der Waals surface area (Å²) in [6, 6.07) is 0. The van der Waals surface area contributed by atoms with Gasteiger partial charge in [0.05, 0.1) is 6.33 Å². The summed E-state index contributed by atoms with van der Waals surface area (Å²) < 4.78 is 11.5. The van der Waals surface area contributed by atoms with Crippen LogP contribution in [0.1, 0.15) is 33.6 Å². The lowest BCUT2D eigenvalue weighted by Gasteiger charge is -2.18. The number of allylic oxidation sites excluding steroid dienone is 5. The van der Waals surface area contributed by atoms with Crippen LogP contribution in [-0.4, -0.2) is 0 Å². The molecule has 0 aliphatic rings. The maximum atomic E-state index is 11.5. The van der Waals surface area contributed by atoms with Gasteiger partial charge in [0.2, 0.25) is 0 Å². The fraction of sp³-hybridized carbons (Fsp3) is 0.500. The van der Waals surface area contributed by atoms with Gasteiger partial charge >= 0.3 is 0 Å². The van der Waals surface area contributed by atoms with Crippen molar-refractivity contribution in [2.75, 3.05) is 0 Å². The predicted molar refractivity (Wildman–Crippen MR) is 57.2 cm³/mol. The first-order chi connectivity index (χ1) is 6.12. The Morgan fingerprint density at radius 1 is 1.08 bits per heavy atom. The van der Waals surface area contributed by atoms with Crippen molar-refractivity contribution in [2.24, 2.45) is 5.41 Å². The Labute approximate surface area is 80.9 Å². The van der Waals surface area contributed by atoms with Crippen LogP contribution in [0.2, 0.25) is 0 Å². The predicted octanol–water partition coefficient (Wildman–Crippen LogP) is 4.41. The Kier molecular flexibility index (Phi) is 6.21. The lowest BCUT2D eigenvalue weighted by molar-refractivity contribution is 0.432. The summed E-state index contributed by atoms with van der Waals surface area (Å²) in [6.07, 6.45) is 11.9. The number of hydrogen-bond acceptors (Lipinski definition) is 0. The van der Waals surface area contributed by atoms with Gasteiger partial charge in [0.1, 0.15) is 0 Å². The van der Waals surface area contributed by atoms with Crippen LogP contribution in [0, 0.1) is 5.41 Å². The zero-order chi connectivity index (χ0) is 10.2. The molecule has 0 bridgehead atoms. The van der Waals surface area contributed by atoms with Gasteiger partial charge in [0.15, 0.2) is 0 Å². The van der Waals surface area contributed by atoms with E-state index >= 15 is 0 Å². The van der Waals surface area contributed by atoms with E-state index in [1.165, 1.54) is 18.9 Å². The average Bonchev–Trinajstić information content (AvgIpc) is 2.04. The molecule has 0 aromatic carbocycles. The highest BCUT2D eigenvalue weighted by Gasteiger charge is 2.10. The summed E-state index contributed by atoms with van der Waals surface area (Å²) in [4.78, 5) is 0. The van der Waals surface area contributed by atoms with E-state index in [1.807, 2.05) is 12.2 Å². The second-order valence-corrected chi connectivity index (χ2v) is 3.80. The highest BCUT2D eigenvalue weighted by molar-refractivity contribution is 5.12. The van der Waals surface area contributed by atoms with Gasteiger partial charge in [-0.05, 0) is 17.9 Å². The van der Waals surface area contributed by atoms with Gasteiger partial charge < -0.3 is 0 Å². The molecule has 74 valence electrons. The van der Waals surface area contributed by atoms with Crippen molar-refractivity contribution < 1.29 is 4.39 Å². The Bertz CT molecular complexity index is 197. The molecule has 0 aliphatic heterocycles. The maximum absolute atomic E-state index is 11.5. The molecule has 0 aromatic rings. The first-order valence-electron chi connectivity index (χ1n) is 4.73. The van der Waals surface area contributed by atoms with Crippen molar-refractivity contribution in [3.05, 3.63) is 36.7 Å². The highest BCUT2D eigenvalue weighted by Crippen LogP contribution is 2.23. The third-order valence-electron chi connectivity index (χ3n) is 1.85. The largest absolute Gasteiger partial charge is 0.216 e. The molecule has 0 aromatic heterocycles. The lowest BCUT2D eigenvalue weighted by Crippen LogP contribution is -2.05. The number of hydrogen-bond donors (Lipinski definition) is 0. The molecule has 0 spiro atoms. The van der Waals surface area contributed by atoms with Crippen molar-refractivity contribution in [2.45, 2.75) is 33.6 Å². The van der Waals surface area contributed by atoms with Crippen LogP contribution in [-0.2, 0) is 0 Å². The van der Waals surface area contributed by atoms with Gasteiger partial charge in [-0.15, -0.1) is 0 Å². The van der Waals surface area contributed by atoms with Gasteiger partial charge in [-0.1, -0.05) is 51.5 Å². The molecule has 0 saturated carbocycles. The molecule has 0 fully saturated rings. The minimum atomic E-state index is 0.249.